The summed E-state index contributed by atoms with van der Waals surface area (Å²) < 4.78 is 5.39. The fourth-order valence-corrected chi connectivity index (χ4v) is 1.69. The second-order valence-electron chi connectivity index (χ2n) is 3.84. The van der Waals surface area contributed by atoms with Gasteiger partial charge in [0, 0.05) is 12.6 Å². The zero-order valence-electron chi connectivity index (χ0n) is 9.32. The van der Waals surface area contributed by atoms with Crippen LogP contribution in [-0.4, -0.2) is 24.7 Å². The molecule has 1 rings (SSSR count). The Bertz CT molecular complexity index is 254. The Morgan fingerprint density at radius 3 is 2.73 bits per heavy atom. The summed E-state index contributed by atoms with van der Waals surface area (Å²) in [5.41, 5.74) is 0. The van der Waals surface area contributed by atoms with Crippen molar-refractivity contribution >= 4 is 5.91 Å². The maximum atomic E-state index is 11.5. The van der Waals surface area contributed by atoms with E-state index in [-0.39, 0.29) is 11.9 Å². The predicted octanol–water partition coefficient (Wildman–Crippen LogP) is 1.22. The summed E-state index contributed by atoms with van der Waals surface area (Å²) in [6, 6.07) is 2.20. The van der Waals surface area contributed by atoms with Crippen LogP contribution in [0.5, 0.6) is 0 Å². The lowest BCUT2D eigenvalue weighted by Crippen LogP contribution is -2.49. The molecule has 1 atom stereocenters. The number of rotatable bonds is 5. The number of hydrogen-bond acceptors (Lipinski definition) is 3. The van der Waals surface area contributed by atoms with E-state index in [1.165, 1.54) is 0 Å². The molecule has 1 saturated carbocycles. The number of nitrogens with zero attached hydrogens (tertiary/aromatic N) is 1. The van der Waals surface area contributed by atoms with Crippen molar-refractivity contribution in [1.82, 2.24) is 5.32 Å². The lowest BCUT2D eigenvalue weighted by atomic mass is 9.88. The first kappa shape index (κ1) is 12.0. The topological polar surface area (TPSA) is 62.1 Å². The van der Waals surface area contributed by atoms with Gasteiger partial charge >= 0.3 is 0 Å². The van der Waals surface area contributed by atoms with Gasteiger partial charge < -0.3 is 10.1 Å². The summed E-state index contributed by atoms with van der Waals surface area (Å²) in [6.45, 7) is 4.53. The van der Waals surface area contributed by atoms with Crippen LogP contribution in [0.4, 0.5) is 0 Å². The molecule has 0 saturated heterocycles. The van der Waals surface area contributed by atoms with Gasteiger partial charge in [-0.1, -0.05) is 6.92 Å². The van der Waals surface area contributed by atoms with Crippen LogP contribution in [0, 0.1) is 17.2 Å². The molecule has 0 bridgehead atoms. The van der Waals surface area contributed by atoms with Crippen molar-refractivity contribution in [2.45, 2.75) is 45.3 Å². The molecule has 1 N–H and O–H groups in total. The number of ether oxygens (including phenoxy) is 1. The number of carbonyl (C=O) groups is 1. The second kappa shape index (κ2) is 5.72. The highest BCUT2D eigenvalue weighted by Crippen LogP contribution is 2.23. The standard InChI is InChI=1S/C11H18N2O2/c1-3-8(7-12)11(14)13-9-5-10(6-9)15-4-2/h8-10H,3-6H2,1-2H3,(H,13,14). The number of amides is 1. The van der Waals surface area contributed by atoms with Crippen LogP contribution in [0.3, 0.4) is 0 Å². The van der Waals surface area contributed by atoms with E-state index in [1.807, 2.05) is 19.9 Å². The van der Waals surface area contributed by atoms with Crippen molar-refractivity contribution < 1.29 is 9.53 Å². The summed E-state index contributed by atoms with van der Waals surface area (Å²) in [7, 11) is 0. The van der Waals surface area contributed by atoms with Gasteiger partial charge in [0.05, 0.1) is 12.2 Å². The first-order chi connectivity index (χ1) is 7.21. The van der Waals surface area contributed by atoms with Crippen molar-refractivity contribution in [2.75, 3.05) is 6.61 Å². The SMILES string of the molecule is CCOC1CC(NC(=O)C(C#N)CC)C1. The Morgan fingerprint density at radius 1 is 1.60 bits per heavy atom. The van der Waals surface area contributed by atoms with E-state index >= 15 is 0 Å². The van der Waals surface area contributed by atoms with Crippen molar-refractivity contribution in [3.63, 3.8) is 0 Å². The van der Waals surface area contributed by atoms with Gasteiger partial charge in [-0.05, 0) is 26.2 Å². The molecule has 4 heteroatoms. The molecule has 0 aromatic carbocycles. The van der Waals surface area contributed by atoms with E-state index in [1.54, 1.807) is 0 Å². The lowest BCUT2D eigenvalue weighted by molar-refractivity contribution is -0.126. The number of nitrogens with one attached hydrogen (secondary N) is 1. The molecular weight excluding hydrogens is 192 g/mol. The van der Waals surface area contributed by atoms with E-state index < -0.39 is 5.92 Å². The minimum absolute atomic E-state index is 0.139. The molecule has 0 heterocycles. The van der Waals surface area contributed by atoms with Crippen molar-refractivity contribution in [3.05, 3.63) is 0 Å². The number of hydrogen-bond donors (Lipinski definition) is 1. The highest BCUT2D eigenvalue weighted by Gasteiger charge is 2.31. The van der Waals surface area contributed by atoms with E-state index in [0.717, 1.165) is 19.4 Å². The highest BCUT2D eigenvalue weighted by molar-refractivity contribution is 5.81. The third kappa shape index (κ3) is 3.21. The lowest BCUT2D eigenvalue weighted by Gasteiger charge is -2.35. The van der Waals surface area contributed by atoms with Crippen LogP contribution >= 0.6 is 0 Å². The minimum Gasteiger partial charge on any atom is -0.378 e. The van der Waals surface area contributed by atoms with E-state index in [2.05, 4.69) is 5.32 Å². The van der Waals surface area contributed by atoms with Gasteiger partial charge in [0.25, 0.3) is 0 Å². The monoisotopic (exact) mass is 210 g/mol. The Balaban J connectivity index is 2.22. The van der Waals surface area contributed by atoms with Gasteiger partial charge in [-0.25, -0.2) is 0 Å². The molecule has 1 fully saturated rings. The van der Waals surface area contributed by atoms with Crippen LogP contribution in [0.1, 0.15) is 33.1 Å². The summed E-state index contributed by atoms with van der Waals surface area (Å²) in [5.74, 6) is -0.643. The third-order valence-corrected chi connectivity index (χ3v) is 2.72. The van der Waals surface area contributed by atoms with Crippen LogP contribution < -0.4 is 5.32 Å². The van der Waals surface area contributed by atoms with Gasteiger partial charge in [0.15, 0.2) is 0 Å². The third-order valence-electron chi connectivity index (χ3n) is 2.72. The normalized spacial score (nSPS) is 26.2. The van der Waals surface area contributed by atoms with Crippen LogP contribution in [0.2, 0.25) is 0 Å². The molecule has 0 aliphatic heterocycles. The van der Waals surface area contributed by atoms with Crippen molar-refractivity contribution in [3.8, 4) is 6.07 Å². The summed E-state index contributed by atoms with van der Waals surface area (Å²) in [6.07, 6.45) is 2.62. The summed E-state index contributed by atoms with van der Waals surface area (Å²) >= 11 is 0. The van der Waals surface area contributed by atoms with E-state index in [0.29, 0.717) is 12.5 Å². The predicted molar refractivity (Wildman–Crippen MR) is 56.0 cm³/mol. The first-order valence-corrected chi connectivity index (χ1v) is 5.52. The minimum atomic E-state index is -0.504. The molecule has 1 unspecified atom stereocenters. The zero-order valence-corrected chi connectivity index (χ0v) is 9.32. The molecule has 0 radical (unpaired) electrons. The average molecular weight is 210 g/mol. The molecule has 84 valence electrons. The molecule has 0 spiro atoms. The fourth-order valence-electron chi connectivity index (χ4n) is 1.69. The first-order valence-electron chi connectivity index (χ1n) is 5.52. The zero-order chi connectivity index (χ0) is 11.3. The Hall–Kier alpha value is -1.08. The molecule has 4 nitrogen and oxygen atoms in total. The van der Waals surface area contributed by atoms with Crippen LogP contribution in [-0.2, 0) is 9.53 Å². The largest absolute Gasteiger partial charge is 0.378 e. The highest BCUT2D eigenvalue weighted by atomic mass is 16.5. The molecule has 0 aromatic rings. The van der Waals surface area contributed by atoms with Gasteiger partial charge in [0.1, 0.15) is 5.92 Å². The molecular formula is C11H18N2O2. The summed E-state index contributed by atoms with van der Waals surface area (Å²) in [5, 5.41) is 11.6. The van der Waals surface area contributed by atoms with Gasteiger partial charge in [-0.3, -0.25) is 4.79 Å². The summed E-state index contributed by atoms with van der Waals surface area (Å²) in [4.78, 5) is 11.5. The Kier molecular flexibility index (Phi) is 4.57. The van der Waals surface area contributed by atoms with Crippen LogP contribution in [0.15, 0.2) is 0 Å². The maximum Gasteiger partial charge on any atom is 0.237 e. The molecule has 1 aliphatic rings. The van der Waals surface area contributed by atoms with Crippen molar-refractivity contribution in [1.29, 1.82) is 5.26 Å². The van der Waals surface area contributed by atoms with Crippen molar-refractivity contribution in [2.24, 2.45) is 5.92 Å². The fraction of sp³-hybridized carbons (Fsp3) is 0.818. The molecule has 1 amide bonds. The maximum absolute atomic E-state index is 11.5. The Morgan fingerprint density at radius 2 is 2.27 bits per heavy atom. The quantitative estimate of drug-likeness (QED) is 0.742. The van der Waals surface area contributed by atoms with E-state index in [4.69, 9.17) is 10.00 Å². The Labute approximate surface area is 90.6 Å². The van der Waals surface area contributed by atoms with Gasteiger partial charge in [0.2, 0.25) is 5.91 Å². The van der Waals surface area contributed by atoms with Gasteiger partial charge in [-0.15, -0.1) is 0 Å². The molecule has 0 aromatic heterocycles. The van der Waals surface area contributed by atoms with Crippen LogP contribution in [0.25, 0.3) is 0 Å². The van der Waals surface area contributed by atoms with Gasteiger partial charge in [-0.2, -0.15) is 5.26 Å². The second-order valence-corrected chi connectivity index (χ2v) is 3.84. The molecule has 15 heavy (non-hydrogen) atoms. The molecule has 1 aliphatic carbocycles. The smallest absolute Gasteiger partial charge is 0.237 e. The number of carbonyl (C=O) groups excluding carboxylic acids is 1. The average Bonchev–Trinajstić information content (AvgIpc) is 2.16. The number of nitriles is 1. The van der Waals surface area contributed by atoms with E-state index in [9.17, 15) is 4.79 Å².